The number of carbonyl (C=O) groups is 2. The molecule has 0 atom stereocenters. The van der Waals surface area contributed by atoms with Crippen LogP contribution in [-0.4, -0.2) is 23.5 Å². The average Bonchev–Trinajstić information content (AvgIpc) is 3.32. The highest BCUT2D eigenvalue weighted by Gasteiger charge is 2.12. The number of ether oxygens (including phenoxy) is 1. The predicted octanol–water partition coefficient (Wildman–Crippen LogP) is 3.47. The highest BCUT2D eigenvalue weighted by Crippen LogP contribution is 2.27. The van der Waals surface area contributed by atoms with Crippen LogP contribution in [0.25, 0.3) is 9.88 Å². The summed E-state index contributed by atoms with van der Waals surface area (Å²) in [4.78, 5) is 29.2. The minimum Gasteiger partial charge on any atom is -0.455 e. The molecule has 1 amide bonds. The van der Waals surface area contributed by atoms with Gasteiger partial charge < -0.3 is 10.1 Å². The summed E-state index contributed by atoms with van der Waals surface area (Å²) in [6.45, 7) is -0.374. The molecule has 3 rings (SSSR count). The first-order valence-corrected chi connectivity index (χ1v) is 9.34. The fourth-order valence-electron chi connectivity index (χ4n) is 2.07. The van der Waals surface area contributed by atoms with Crippen LogP contribution in [0.4, 0.5) is 5.69 Å². The van der Waals surface area contributed by atoms with Crippen molar-refractivity contribution < 1.29 is 14.3 Å². The Balaban J connectivity index is 1.46. The summed E-state index contributed by atoms with van der Waals surface area (Å²) in [5, 5.41) is 16.0. The van der Waals surface area contributed by atoms with Crippen molar-refractivity contribution >= 4 is 40.2 Å². The molecule has 130 valence electrons. The maximum absolute atomic E-state index is 11.9. The van der Waals surface area contributed by atoms with Crippen molar-refractivity contribution in [1.82, 2.24) is 4.98 Å². The Bertz CT molecular complexity index is 941. The van der Waals surface area contributed by atoms with Crippen molar-refractivity contribution in [3.63, 3.8) is 0 Å². The lowest BCUT2D eigenvalue weighted by molar-refractivity contribution is -0.146. The maximum Gasteiger partial charge on any atom is 0.312 e. The van der Waals surface area contributed by atoms with Crippen LogP contribution in [0, 0.1) is 11.3 Å². The number of hydrogen-bond donors (Lipinski definition) is 1. The van der Waals surface area contributed by atoms with Gasteiger partial charge in [-0.1, -0.05) is 6.07 Å². The van der Waals surface area contributed by atoms with Crippen LogP contribution in [0.2, 0.25) is 0 Å². The third-order valence-electron chi connectivity index (χ3n) is 3.27. The molecule has 0 aliphatic heterocycles. The fourth-order valence-corrected chi connectivity index (χ4v) is 3.71. The molecule has 0 aliphatic carbocycles. The number of esters is 1. The number of nitrogens with zero attached hydrogens (tertiary/aromatic N) is 2. The van der Waals surface area contributed by atoms with Crippen molar-refractivity contribution in [3.8, 4) is 16.0 Å². The largest absolute Gasteiger partial charge is 0.455 e. The van der Waals surface area contributed by atoms with Gasteiger partial charge in [0.15, 0.2) is 6.61 Å². The molecule has 6 nitrogen and oxygen atoms in total. The van der Waals surface area contributed by atoms with Crippen LogP contribution in [0.3, 0.4) is 0 Å². The van der Waals surface area contributed by atoms with E-state index in [1.807, 2.05) is 29.0 Å². The second-order valence-electron chi connectivity index (χ2n) is 5.20. The van der Waals surface area contributed by atoms with Gasteiger partial charge in [0, 0.05) is 11.1 Å². The van der Waals surface area contributed by atoms with Gasteiger partial charge in [-0.3, -0.25) is 9.59 Å². The predicted molar refractivity (Wildman–Crippen MR) is 99.9 cm³/mol. The number of aromatic nitrogens is 1. The first kappa shape index (κ1) is 17.8. The zero-order chi connectivity index (χ0) is 18.4. The fraction of sp³-hybridized carbons (Fsp3) is 0.111. The number of carbonyl (C=O) groups excluding carboxylic acids is 2. The van der Waals surface area contributed by atoms with E-state index in [0.29, 0.717) is 16.9 Å². The zero-order valence-electron chi connectivity index (χ0n) is 13.5. The lowest BCUT2D eigenvalue weighted by Crippen LogP contribution is -2.21. The van der Waals surface area contributed by atoms with Gasteiger partial charge in [0.1, 0.15) is 5.01 Å². The summed E-state index contributed by atoms with van der Waals surface area (Å²) in [7, 11) is 0. The Kier molecular flexibility index (Phi) is 5.73. The van der Waals surface area contributed by atoms with Crippen LogP contribution < -0.4 is 5.32 Å². The minimum atomic E-state index is -0.511. The SMILES string of the molecule is N#Cc1ccc(NC(=O)COC(=O)Cc2csc(-c3cccs3)n2)cc1. The number of rotatable bonds is 6. The molecular weight excluding hydrogens is 370 g/mol. The standard InChI is InChI=1S/C18H13N3O3S2/c19-9-12-3-5-13(6-4-12)20-16(22)10-24-17(23)8-14-11-26-18(21-14)15-2-1-7-25-15/h1-7,11H,8,10H2,(H,20,22). The van der Waals surface area contributed by atoms with Gasteiger partial charge in [-0.15, -0.1) is 22.7 Å². The van der Waals surface area contributed by atoms with Crippen LogP contribution in [0.1, 0.15) is 11.3 Å². The summed E-state index contributed by atoms with van der Waals surface area (Å²) in [6.07, 6.45) is 0.0199. The Labute approximate surface area is 157 Å². The second-order valence-corrected chi connectivity index (χ2v) is 7.00. The van der Waals surface area contributed by atoms with Crippen molar-refractivity contribution in [2.24, 2.45) is 0 Å². The monoisotopic (exact) mass is 383 g/mol. The van der Waals surface area contributed by atoms with E-state index in [2.05, 4.69) is 10.3 Å². The zero-order valence-corrected chi connectivity index (χ0v) is 15.1. The number of benzene rings is 1. The van der Waals surface area contributed by atoms with E-state index in [-0.39, 0.29) is 13.0 Å². The van der Waals surface area contributed by atoms with E-state index >= 15 is 0 Å². The molecule has 0 unspecified atom stereocenters. The summed E-state index contributed by atoms with van der Waals surface area (Å²) in [6, 6.07) is 12.3. The molecule has 8 heteroatoms. The first-order chi connectivity index (χ1) is 12.6. The number of anilines is 1. The van der Waals surface area contributed by atoms with Crippen molar-refractivity contribution in [3.05, 3.63) is 58.4 Å². The average molecular weight is 383 g/mol. The molecule has 1 aromatic carbocycles. The highest BCUT2D eigenvalue weighted by atomic mass is 32.1. The molecule has 1 N–H and O–H groups in total. The topological polar surface area (TPSA) is 92.1 Å². The summed E-state index contributed by atoms with van der Waals surface area (Å²) in [5.41, 5.74) is 1.65. The summed E-state index contributed by atoms with van der Waals surface area (Å²) in [5.74, 6) is -0.955. The molecule has 0 spiro atoms. The third-order valence-corrected chi connectivity index (χ3v) is 5.20. The number of thiophene rings is 1. The van der Waals surface area contributed by atoms with E-state index in [1.165, 1.54) is 11.3 Å². The highest BCUT2D eigenvalue weighted by molar-refractivity contribution is 7.20. The number of amides is 1. The van der Waals surface area contributed by atoms with Crippen molar-refractivity contribution in [2.75, 3.05) is 11.9 Å². The van der Waals surface area contributed by atoms with Gasteiger partial charge in [0.25, 0.3) is 5.91 Å². The van der Waals surface area contributed by atoms with E-state index in [9.17, 15) is 9.59 Å². The Morgan fingerprint density at radius 2 is 2.00 bits per heavy atom. The summed E-state index contributed by atoms with van der Waals surface area (Å²) >= 11 is 3.05. The quantitative estimate of drug-likeness (QED) is 0.658. The van der Waals surface area contributed by atoms with Crippen LogP contribution in [-0.2, 0) is 20.7 Å². The van der Waals surface area contributed by atoms with Gasteiger partial charge in [-0.05, 0) is 35.7 Å². The molecule has 26 heavy (non-hydrogen) atoms. The third kappa shape index (κ3) is 4.75. The molecule has 0 fully saturated rings. The minimum absolute atomic E-state index is 0.0199. The molecule has 0 aliphatic rings. The summed E-state index contributed by atoms with van der Waals surface area (Å²) < 4.78 is 4.99. The molecule has 0 saturated heterocycles. The number of nitriles is 1. The van der Waals surface area contributed by atoms with Gasteiger partial charge in [0.2, 0.25) is 0 Å². The molecular formula is C18H13N3O3S2. The normalized spacial score (nSPS) is 10.1. The Morgan fingerprint density at radius 1 is 1.19 bits per heavy atom. The Hall–Kier alpha value is -3.02. The van der Waals surface area contributed by atoms with Gasteiger partial charge in [-0.25, -0.2) is 4.98 Å². The number of thiazole rings is 1. The molecule has 2 aromatic heterocycles. The molecule has 0 saturated carbocycles. The lowest BCUT2D eigenvalue weighted by Gasteiger charge is -2.06. The number of hydrogen-bond acceptors (Lipinski definition) is 7. The van der Waals surface area contributed by atoms with Crippen molar-refractivity contribution in [2.45, 2.75) is 6.42 Å². The Morgan fingerprint density at radius 3 is 2.69 bits per heavy atom. The maximum atomic E-state index is 11.9. The van der Waals surface area contributed by atoms with Gasteiger partial charge in [0.05, 0.1) is 28.6 Å². The van der Waals surface area contributed by atoms with E-state index in [0.717, 1.165) is 9.88 Å². The van der Waals surface area contributed by atoms with E-state index < -0.39 is 11.9 Å². The smallest absolute Gasteiger partial charge is 0.312 e. The van der Waals surface area contributed by atoms with Crippen LogP contribution >= 0.6 is 22.7 Å². The van der Waals surface area contributed by atoms with E-state index in [1.54, 1.807) is 35.6 Å². The second kappa shape index (κ2) is 8.38. The van der Waals surface area contributed by atoms with Gasteiger partial charge in [-0.2, -0.15) is 5.26 Å². The molecule has 0 bridgehead atoms. The molecule has 3 aromatic rings. The van der Waals surface area contributed by atoms with E-state index in [4.69, 9.17) is 10.00 Å². The number of nitrogens with one attached hydrogen (secondary N) is 1. The first-order valence-electron chi connectivity index (χ1n) is 7.58. The lowest BCUT2D eigenvalue weighted by atomic mass is 10.2. The van der Waals surface area contributed by atoms with Crippen LogP contribution in [0.5, 0.6) is 0 Å². The molecule has 0 radical (unpaired) electrons. The van der Waals surface area contributed by atoms with Gasteiger partial charge >= 0.3 is 5.97 Å². The van der Waals surface area contributed by atoms with Crippen LogP contribution in [0.15, 0.2) is 47.2 Å². The molecule has 2 heterocycles. The van der Waals surface area contributed by atoms with Crippen molar-refractivity contribution in [1.29, 1.82) is 5.26 Å².